The number of aromatic nitrogens is 1. The van der Waals surface area contributed by atoms with E-state index in [0.717, 1.165) is 0 Å². The molecule has 0 spiro atoms. The van der Waals surface area contributed by atoms with E-state index in [0.29, 0.717) is 10.6 Å². The zero-order chi connectivity index (χ0) is 18.7. The molecular formula is C18H14ClFN2O3S. The van der Waals surface area contributed by atoms with Gasteiger partial charge >= 0.3 is 0 Å². The summed E-state index contributed by atoms with van der Waals surface area (Å²) < 4.78 is 44.6. The fraction of sp³-hybridized carbons (Fsp3) is 0.0556. The molecule has 0 atom stereocenters. The molecule has 0 aliphatic heterocycles. The molecule has 26 heavy (non-hydrogen) atoms. The standard InChI is InChI=1S/C18H14ClFN2O3S/c1-2-11-21-17-18(26(23,24)15-9-5-13(19)6-10-15)22-16(25-17)12-3-7-14(20)8-4-12/h2-10,21H,1,11H2. The van der Waals surface area contributed by atoms with Crippen molar-refractivity contribution in [3.8, 4) is 11.5 Å². The highest BCUT2D eigenvalue weighted by Crippen LogP contribution is 2.32. The van der Waals surface area contributed by atoms with Crippen LogP contribution in [0.4, 0.5) is 10.3 Å². The Morgan fingerprint density at radius 2 is 1.81 bits per heavy atom. The molecule has 0 aliphatic rings. The molecule has 2 aromatic carbocycles. The molecule has 0 saturated heterocycles. The predicted molar refractivity (Wildman–Crippen MR) is 97.5 cm³/mol. The van der Waals surface area contributed by atoms with Gasteiger partial charge in [-0.3, -0.25) is 0 Å². The second-order valence-corrected chi connectivity index (χ2v) is 7.59. The Bertz CT molecular complexity index is 1030. The van der Waals surface area contributed by atoms with Crippen molar-refractivity contribution in [1.29, 1.82) is 0 Å². The molecule has 5 nitrogen and oxygen atoms in total. The van der Waals surface area contributed by atoms with Crippen LogP contribution in [0.5, 0.6) is 0 Å². The quantitative estimate of drug-likeness (QED) is 0.622. The molecule has 0 bridgehead atoms. The van der Waals surface area contributed by atoms with Gasteiger partial charge in [0.2, 0.25) is 26.6 Å². The van der Waals surface area contributed by atoms with Gasteiger partial charge in [0.15, 0.2) is 0 Å². The monoisotopic (exact) mass is 392 g/mol. The highest BCUT2D eigenvalue weighted by molar-refractivity contribution is 7.91. The molecule has 3 aromatic rings. The fourth-order valence-electron chi connectivity index (χ4n) is 2.21. The van der Waals surface area contributed by atoms with E-state index in [1.54, 1.807) is 6.08 Å². The Hall–Kier alpha value is -2.64. The van der Waals surface area contributed by atoms with Gasteiger partial charge in [-0.2, -0.15) is 4.98 Å². The van der Waals surface area contributed by atoms with Crippen molar-refractivity contribution in [3.63, 3.8) is 0 Å². The molecule has 1 aromatic heterocycles. The van der Waals surface area contributed by atoms with Gasteiger partial charge in [0.1, 0.15) is 5.82 Å². The minimum absolute atomic E-state index is 0.0147. The van der Waals surface area contributed by atoms with Gasteiger partial charge in [0.25, 0.3) is 0 Å². The highest BCUT2D eigenvalue weighted by Gasteiger charge is 2.28. The first-order valence-electron chi connectivity index (χ1n) is 7.54. The summed E-state index contributed by atoms with van der Waals surface area (Å²) in [6, 6.07) is 11.1. The van der Waals surface area contributed by atoms with Crippen molar-refractivity contribution in [2.75, 3.05) is 11.9 Å². The number of halogens is 2. The van der Waals surface area contributed by atoms with Gasteiger partial charge in [-0.15, -0.1) is 6.58 Å². The van der Waals surface area contributed by atoms with E-state index in [9.17, 15) is 12.8 Å². The van der Waals surface area contributed by atoms with Crippen LogP contribution < -0.4 is 5.32 Å². The lowest BCUT2D eigenvalue weighted by Gasteiger charge is -2.04. The molecule has 0 aliphatic carbocycles. The Kier molecular flexibility index (Phi) is 5.11. The van der Waals surface area contributed by atoms with Gasteiger partial charge in [-0.1, -0.05) is 17.7 Å². The van der Waals surface area contributed by atoms with Crippen LogP contribution in [0.1, 0.15) is 0 Å². The Labute approximate surface area is 155 Å². The second kappa shape index (κ2) is 7.31. The largest absolute Gasteiger partial charge is 0.419 e. The average Bonchev–Trinajstić information content (AvgIpc) is 3.06. The van der Waals surface area contributed by atoms with Crippen LogP contribution in [0.15, 0.2) is 75.5 Å². The Morgan fingerprint density at radius 3 is 2.42 bits per heavy atom. The summed E-state index contributed by atoms with van der Waals surface area (Å²) in [6.07, 6.45) is 1.55. The number of sulfone groups is 1. The van der Waals surface area contributed by atoms with Gasteiger partial charge in [0.05, 0.1) is 4.90 Å². The lowest BCUT2D eigenvalue weighted by atomic mass is 10.2. The van der Waals surface area contributed by atoms with E-state index in [4.69, 9.17) is 16.0 Å². The number of benzene rings is 2. The number of hydrogen-bond acceptors (Lipinski definition) is 5. The molecule has 1 N–H and O–H groups in total. The topological polar surface area (TPSA) is 72.2 Å². The zero-order valence-corrected chi connectivity index (χ0v) is 15.0. The number of nitrogens with one attached hydrogen (secondary N) is 1. The van der Waals surface area contributed by atoms with Crippen LogP contribution >= 0.6 is 11.6 Å². The summed E-state index contributed by atoms with van der Waals surface area (Å²) in [4.78, 5) is 4.16. The van der Waals surface area contributed by atoms with Crippen molar-refractivity contribution >= 4 is 27.3 Å². The Morgan fingerprint density at radius 1 is 1.15 bits per heavy atom. The molecule has 134 valence electrons. The van der Waals surface area contributed by atoms with E-state index in [1.807, 2.05) is 0 Å². The van der Waals surface area contributed by atoms with Crippen molar-refractivity contribution in [3.05, 3.63) is 72.0 Å². The summed E-state index contributed by atoms with van der Waals surface area (Å²) in [5.74, 6) is -0.373. The van der Waals surface area contributed by atoms with Crippen LogP contribution in [-0.4, -0.2) is 19.9 Å². The Balaban J connectivity index is 2.10. The maximum atomic E-state index is 13.1. The number of hydrogen-bond donors (Lipinski definition) is 1. The van der Waals surface area contributed by atoms with Crippen molar-refractivity contribution in [2.24, 2.45) is 0 Å². The molecule has 0 fully saturated rings. The first-order chi connectivity index (χ1) is 12.4. The van der Waals surface area contributed by atoms with E-state index >= 15 is 0 Å². The van der Waals surface area contributed by atoms with Gasteiger partial charge in [-0.05, 0) is 48.5 Å². The van der Waals surface area contributed by atoms with Crippen LogP contribution in [0.25, 0.3) is 11.5 Å². The normalized spacial score (nSPS) is 11.3. The van der Waals surface area contributed by atoms with Crippen molar-refractivity contribution in [1.82, 2.24) is 4.98 Å². The van der Waals surface area contributed by atoms with E-state index in [-0.39, 0.29) is 28.2 Å². The third-order valence-electron chi connectivity index (χ3n) is 3.47. The molecule has 8 heteroatoms. The van der Waals surface area contributed by atoms with Gasteiger partial charge in [-0.25, -0.2) is 12.8 Å². The minimum atomic E-state index is -3.95. The molecule has 0 saturated carbocycles. The SMILES string of the molecule is C=CCNc1oc(-c2ccc(F)cc2)nc1S(=O)(=O)c1ccc(Cl)cc1. The lowest BCUT2D eigenvalue weighted by molar-refractivity contribution is 0.578. The number of oxazole rings is 1. The number of rotatable bonds is 6. The van der Waals surface area contributed by atoms with Crippen molar-refractivity contribution < 1.29 is 17.2 Å². The number of anilines is 1. The molecule has 0 radical (unpaired) electrons. The lowest BCUT2D eigenvalue weighted by Crippen LogP contribution is -2.07. The molecule has 0 amide bonds. The van der Waals surface area contributed by atoms with Gasteiger partial charge < -0.3 is 9.73 Å². The van der Waals surface area contributed by atoms with Crippen LogP contribution in [0.3, 0.4) is 0 Å². The second-order valence-electron chi connectivity index (χ2n) is 5.29. The molecule has 0 unspecified atom stereocenters. The summed E-state index contributed by atoms with van der Waals surface area (Å²) in [7, 11) is -3.95. The first-order valence-corrected chi connectivity index (χ1v) is 9.40. The highest BCUT2D eigenvalue weighted by atomic mass is 35.5. The predicted octanol–water partition coefficient (Wildman–Crippen LogP) is 4.56. The van der Waals surface area contributed by atoms with Crippen LogP contribution in [0, 0.1) is 5.82 Å². The third-order valence-corrected chi connectivity index (χ3v) is 5.40. The van der Waals surface area contributed by atoms with Crippen molar-refractivity contribution in [2.45, 2.75) is 9.92 Å². The summed E-state index contributed by atoms with van der Waals surface area (Å²) in [5, 5.41) is 2.98. The maximum absolute atomic E-state index is 13.1. The maximum Gasteiger partial charge on any atom is 0.234 e. The van der Waals surface area contributed by atoms with Gasteiger partial charge in [0, 0.05) is 17.1 Å². The molecule has 1 heterocycles. The average molecular weight is 393 g/mol. The zero-order valence-electron chi connectivity index (χ0n) is 13.4. The number of nitrogens with zero attached hydrogens (tertiary/aromatic N) is 1. The molecular weight excluding hydrogens is 379 g/mol. The van der Waals surface area contributed by atoms with Crippen LogP contribution in [-0.2, 0) is 9.84 Å². The summed E-state index contributed by atoms with van der Waals surface area (Å²) >= 11 is 5.82. The fourth-order valence-corrected chi connectivity index (χ4v) is 3.61. The van der Waals surface area contributed by atoms with E-state index in [1.165, 1.54) is 48.5 Å². The van der Waals surface area contributed by atoms with E-state index in [2.05, 4.69) is 16.9 Å². The van der Waals surface area contributed by atoms with E-state index < -0.39 is 15.7 Å². The third kappa shape index (κ3) is 3.63. The smallest absolute Gasteiger partial charge is 0.234 e. The minimum Gasteiger partial charge on any atom is -0.419 e. The molecule has 3 rings (SSSR count). The summed E-state index contributed by atoms with van der Waals surface area (Å²) in [5.41, 5.74) is 0.450. The van der Waals surface area contributed by atoms with Crippen LogP contribution in [0.2, 0.25) is 5.02 Å². The first kappa shape index (κ1) is 18.2. The summed E-state index contributed by atoms with van der Waals surface area (Å²) in [6.45, 7) is 3.86.